The Morgan fingerprint density at radius 3 is 2.68 bits per heavy atom. The Bertz CT molecular complexity index is 762. The number of halogens is 1. The zero-order valence-electron chi connectivity index (χ0n) is 15.3. The molecule has 1 N–H and O–H groups in total. The van der Waals surface area contributed by atoms with Crippen LogP contribution < -0.4 is 10.1 Å². The SMILES string of the molecule is COc1c(C)cnc(CNC(=O)C(c2cccc(F)c2)N(C)C)c1C. The molecule has 0 saturated heterocycles. The van der Waals surface area contributed by atoms with Crippen molar-refractivity contribution in [3.05, 3.63) is 58.7 Å². The van der Waals surface area contributed by atoms with Crippen molar-refractivity contribution in [2.75, 3.05) is 21.2 Å². The van der Waals surface area contributed by atoms with E-state index in [-0.39, 0.29) is 18.3 Å². The molecule has 0 bridgehead atoms. The van der Waals surface area contributed by atoms with Crippen LogP contribution in [0.4, 0.5) is 4.39 Å². The molecule has 1 atom stereocenters. The fraction of sp³-hybridized carbons (Fsp3) is 0.368. The van der Waals surface area contributed by atoms with Crippen molar-refractivity contribution in [3.8, 4) is 5.75 Å². The molecule has 1 aromatic heterocycles. The molecule has 0 aliphatic rings. The van der Waals surface area contributed by atoms with Gasteiger partial charge in [0.15, 0.2) is 0 Å². The Balaban J connectivity index is 2.18. The number of likely N-dealkylation sites (N-methyl/N-ethyl adjacent to an activating group) is 1. The molecule has 0 radical (unpaired) electrons. The molecule has 0 aliphatic carbocycles. The van der Waals surface area contributed by atoms with E-state index in [9.17, 15) is 9.18 Å². The van der Waals surface area contributed by atoms with Gasteiger partial charge in [-0.15, -0.1) is 0 Å². The lowest BCUT2D eigenvalue weighted by Gasteiger charge is -2.24. The lowest BCUT2D eigenvalue weighted by molar-refractivity contribution is -0.126. The fourth-order valence-electron chi connectivity index (χ4n) is 2.88. The van der Waals surface area contributed by atoms with Gasteiger partial charge in [-0.1, -0.05) is 12.1 Å². The Hall–Kier alpha value is -2.47. The van der Waals surface area contributed by atoms with E-state index in [0.717, 1.165) is 22.6 Å². The number of methoxy groups -OCH3 is 1. The highest BCUT2D eigenvalue weighted by molar-refractivity contribution is 5.83. The first-order valence-electron chi connectivity index (χ1n) is 8.03. The van der Waals surface area contributed by atoms with Crippen LogP contribution in [0.1, 0.15) is 28.4 Å². The average Bonchev–Trinajstić information content (AvgIpc) is 2.54. The summed E-state index contributed by atoms with van der Waals surface area (Å²) in [5.41, 5.74) is 3.19. The minimum atomic E-state index is -0.580. The van der Waals surface area contributed by atoms with Crippen molar-refractivity contribution < 1.29 is 13.9 Å². The summed E-state index contributed by atoms with van der Waals surface area (Å²) in [5, 5.41) is 2.89. The fourth-order valence-corrected chi connectivity index (χ4v) is 2.88. The van der Waals surface area contributed by atoms with Crippen LogP contribution in [0.25, 0.3) is 0 Å². The summed E-state index contributed by atoms with van der Waals surface area (Å²) in [6.07, 6.45) is 1.73. The van der Waals surface area contributed by atoms with E-state index in [1.807, 2.05) is 13.8 Å². The molecule has 0 fully saturated rings. The summed E-state index contributed by atoms with van der Waals surface area (Å²) in [4.78, 5) is 18.8. The first-order chi connectivity index (χ1) is 11.8. The number of nitrogens with zero attached hydrogens (tertiary/aromatic N) is 2. The van der Waals surface area contributed by atoms with E-state index >= 15 is 0 Å². The second-order valence-corrected chi connectivity index (χ2v) is 6.19. The summed E-state index contributed by atoms with van der Waals surface area (Å²) in [6, 6.07) is 5.50. The molecule has 0 spiro atoms. The summed E-state index contributed by atoms with van der Waals surface area (Å²) in [6.45, 7) is 4.12. The van der Waals surface area contributed by atoms with Gasteiger partial charge in [-0.05, 0) is 45.6 Å². The summed E-state index contributed by atoms with van der Waals surface area (Å²) in [5.74, 6) is 0.197. The molecule has 6 heteroatoms. The maximum absolute atomic E-state index is 13.5. The molecule has 1 heterocycles. The monoisotopic (exact) mass is 345 g/mol. The Morgan fingerprint density at radius 2 is 2.08 bits per heavy atom. The minimum absolute atomic E-state index is 0.212. The average molecular weight is 345 g/mol. The molecule has 1 unspecified atom stereocenters. The Morgan fingerprint density at radius 1 is 1.36 bits per heavy atom. The van der Waals surface area contributed by atoms with Crippen molar-refractivity contribution in [3.63, 3.8) is 0 Å². The van der Waals surface area contributed by atoms with Crippen molar-refractivity contribution in [2.24, 2.45) is 0 Å². The van der Waals surface area contributed by atoms with Crippen LogP contribution >= 0.6 is 0 Å². The van der Waals surface area contributed by atoms with E-state index < -0.39 is 6.04 Å². The number of carbonyl (C=O) groups excluding carboxylic acids is 1. The maximum Gasteiger partial charge on any atom is 0.242 e. The van der Waals surface area contributed by atoms with Crippen LogP contribution in [0.3, 0.4) is 0 Å². The summed E-state index contributed by atoms with van der Waals surface area (Å²) < 4.78 is 18.9. The highest BCUT2D eigenvalue weighted by atomic mass is 19.1. The second-order valence-electron chi connectivity index (χ2n) is 6.19. The maximum atomic E-state index is 13.5. The number of hydrogen-bond acceptors (Lipinski definition) is 4. The van der Waals surface area contributed by atoms with Gasteiger partial charge in [-0.2, -0.15) is 0 Å². The van der Waals surface area contributed by atoms with Gasteiger partial charge in [-0.25, -0.2) is 4.39 Å². The van der Waals surface area contributed by atoms with Gasteiger partial charge in [0.2, 0.25) is 5.91 Å². The van der Waals surface area contributed by atoms with E-state index in [1.165, 1.54) is 12.1 Å². The highest BCUT2D eigenvalue weighted by Crippen LogP contribution is 2.24. The number of amides is 1. The Kier molecular flexibility index (Phi) is 6.09. The predicted octanol–water partition coefficient (Wildman–Crippen LogP) is 2.77. The van der Waals surface area contributed by atoms with Gasteiger partial charge in [0.25, 0.3) is 0 Å². The lowest BCUT2D eigenvalue weighted by atomic mass is 10.0. The highest BCUT2D eigenvalue weighted by Gasteiger charge is 2.23. The number of pyridine rings is 1. The number of nitrogens with one attached hydrogen (secondary N) is 1. The smallest absolute Gasteiger partial charge is 0.242 e. The van der Waals surface area contributed by atoms with Gasteiger partial charge < -0.3 is 10.1 Å². The van der Waals surface area contributed by atoms with Gasteiger partial charge in [0.05, 0.1) is 19.3 Å². The quantitative estimate of drug-likeness (QED) is 0.875. The molecular weight excluding hydrogens is 321 g/mol. The van der Waals surface area contributed by atoms with Gasteiger partial charge in [0, 0.05) is 17.3 Å². The van der Waals surface area contributed by atoms with Crippen LogP contribution in [0.15, 0.2) is 30.5 Å². The third-order valence-corrected chi connectivity index (χ3v) is 4.11. The molecule has 25 heavy (non-hydrogen) atoms. The minimum Gasteiger partial charge on any atom is -0.496 e. The number of aryl methyl sites for hydroxylation is 1. The second kappa shape index (κ2) is 8.07. The molecule has 134 valence electrons. The molecule has 1 aromatic carbocycles. The standard InChI is InChI=1S/C19H24FN3O2/c1-12-10-21-16(13(2)18(12)25-5)11-22-19(24)17(23(3)4)14-7-6-8-15(20)9-14/h6-10,17H,11H2,1-5H3,(H,22,24). The summed E-state index contributed by atoms with van der Waals surface area (Å²) in [7, 11) is 5.19. The van der Waals surface area contributed by atoms with Gasteiger partial charge in [-0.3, -0.25) is 14.7 Å². The van der Waals surface area contributed by atoms with Crippen LogP contribution in [-0.2, 0) is 11.3 Å². The van der Waals surface area contributed by atoms with Crippen molar-refractivity contribution in [1.29, 1.82) is 0 Å². The molecule has 5 nitrogen and oxygen atoms in total. The van der Waals surface area contributed by atoms with Gasteiger partial charge in [0.1, 0.15) is 17.6 Å². The zero-order valence-corrected chi connectivity index (χ0v) is 15.3. The molecule has 0 saturated carbocycles. The molecule has 2 rings (SSSR count). The van der Waals surface area contributed by atoms with E-state index in [2.05, 4.69) is 10.3 Å². The van der Waals surface area contributed by atoms with Crippen LogP contribution in [0.2, 0.25) is 0 Å². The number of carbonyl (C=O) groups is 1. The molecule has 2 aromatic rings. The van der Waals surface area contributed by atoms with Crippen LogP contribution in [0, 0.1) is 19.7 Å². The zero-order chi connectivity index (χ0) is 18.6. The third-order valence-electron chi connectivity index (χ3n) is 4.11. The normalized spacial score (nSPS) is 12.1. The molecular formula is C19H24FN3O2. The van der Waals surface area contributed by atoms with Gasteiger partial charge >= 0.3 is 0 Å². The van der Waals surface area contributed by atoms with Crippen molar-refractivity contribution in [1.82, 2.24) is 15.2 Å². The third kappa shape index (κ3) is 4.33. The number of hydrogen-bond donors (Lipinski definition) is 1. The largest absolute Gasteiger partial charge is 0.496 e. The van der Waals surface area contributed by atoms with Crippen molar-refractivity contribution >= 4 is 5.91 Å². The summed E-state index contributed by atoms with van der Waals surface area (Å²) >= 11 is 0. The number of rotatable bonds is 6. The van der Waals surface area contributed by atoms with E-state index in [1.54, 1.807) is 44.4 Å². The molecule has 0 aliphatic heterocycles. The van der Waals surface area contributed by atoms with E-state index in [4.69, 9.17) is 4.74 Å². The first kappa shape index (κ1) is 18.9. The number of benzene rings is 1. The van der Waals surface area contributed by atoms with Crippen LogP contribution in [-0.4, -0.2) is 37.0 Å². The first-order valence-corrected chi connectivity index (χ1v) is 8.03. The Labute approximate surface area is 147 Å². The topological polar surface area (TPSA) is 54.5 Å². The van der Waals surface area contributed by atoms with Crippen molar-refractivity contribution in [2.45, 2.75) is 26.4 Å². The predicted molar refractivity (Wildman–Crippen MR) is 94.9 cm³/mol. The van der Waals surface area contributed by atoms with Crippen LogP contribution in [0.5, 0.6) is 5.75 Å². The van der Waals surface area contributed by atoms with E-state index in [0.29, 0.717) is 5.56 Å². The molecule has 1 amide bonds. The number of ether oxygens (including phenoxy) is 1. The lowest BCUT2D eigenvalue weighted by Crippen LogP contribution is -2.37. The number of aromatic nitrogens is 1.